The van der Waals surface area contributed by atoms with Crippen molar-refractivity contribution in [1.82, 2.24) is 24.8 Å². The zero-order valence-electron chi connectivity index (χ0n) is 18.6. The van der Waals surface area contributed by atoms with E-state index in [2.05, 4.69) is 46.2 Å². The average Bonchev–Trinajstić information content (AvgIpc) is 3.29. The number of fused-ring (bicyclic) bond motifs is 2. The van der Waals surface area contributed by atoms with Crippen LogP contribution >= 0.6 is 0 Å². The van der Waals surface area contributed by atoms with Gasteiger partial charge in [0.25, 0.3) is 0 Å². The fraction of sp³-hybridized carbons (Fsp3) is 0.500. The van der Waals surface area contributed by atoms with E-state index in [1.54, 1.807) is 0 Å². The summed E-state index contributed by atoms with van der Waals surface area (Å²) in [6.07, 6.45) is 0.859. The predicted octanol–water partition coefficient (Wildman–Crippen LogP) is 1.06. The first kappa shape index (κ1) is 22.0. The number of hydrogen-bond donors (Lipinski definition) is 1. The van der Waals surface area contributed by atoms with Crippen molar-refractivity contribution in [3.05, 3.63) is 35.2 Å². The van der Waals surface area contributed by atoms with Gasteiger partial charge in [-0.15, -0.1) is 0 Å². The van der Waals surface area contributed by atoms with E-state index in [0.29, 0.717) is 34.5 Å². The molecule has 2 aromatic heterocycles. The predicted molar refractivity (Wildman–Crippen MR) is 124 cm³/mol. The molecule has 1 unspecified atom stereocenters. The molecule has 7 nitrogen and oxygen atoms in total. The Balaban J connectivity index is 1.73. The molecule has 0 radical (unpaired) electrons. The first-order valence-electron chi connectivity index (χ1n) is 10.7. The molecule has 3 aromatic rings. The zero-order valence-corrected chi connectivity index (χ0v) is 21.0. The Kier molecular flexibility index (Phi) is 6.49. The number of anilines is 1. The average molecular weight is 488 g/mol. The van der Waals surface area contributed by atoms with Crippen LogP contribution in [0.2, 0.25) is 0 Å². The Morgan fingerprint density at radius 1 is 1.26 bits per heavy atom. The van der Waals surface area contributed by atoms with Crippen molar-refractivity contribution in [2.75, 3.05) is 38.7 Å². The van der Waals surface area contributed by atoms with Gasteiger partial charge in [0.1, 0.15) is 0 Å². The quantitative estimate of drug-likeness (QED) is 0.291. The van der Waals surface area contributed by atoms with E-state index in [-0.39, 0.29) is 0 Å². The third kappa shape index (κ3) is 4.70. The van der Waals surface area contributed by atoms with Crippen molar-refractivity contribution in [3.63, 3.8) is 0 Å². The molecule has 1 atom stereocenters. The summed E-state index contributed by atoms with van der Waals surface area (Å²) in [4.78, 5) is 15.0. The molecule has 31 heavy (non-hydrogen) atoms. The Bertz CT molecular complexity index is 1100. The van der Waals surface area contributed by atoms with E-state index in [1.807, 2.05) is 18.7 Å². The number of imidazole rings is 1. The number of aromatic nitrogens is 4. The third-order valence-corrected chi connectivity index (χ3v) is 6.30. The van der Waals surface area contributed by atoms with E-state index in [4.69, 9.17) is 9.72 Å². The summed E-state index contributed by atoms with van der Waals surface area (Å²) in [6, 6.07) is 4.34. The molecule has 0 saturated carbocycles. The normalized spacial score (nSPS) is 13.1. The minimum absolute atomic E-state index is 0.569. The molecular weight excluding hydrogens is 458 g/mol. The van der Waals surface area contributed by atoms with Gasteiger partial charge in [0, 0.05) is 0 Å². The van der Waals surface area contributed by atoms with Crippen LogP contribution in [0.15, 0.2) is 12.1 Å². The Hall–Kier alpha value is -2.18. The first-order valence-corrected chi connectivity index (χ1v) is 11.9. The van der Waals surface area contributed by atoms with Gasteiger partial charge >= 0.3 is 191 Å². The topological polar surface area (TPSA) is 68.1 Å². The molecule has 0 amide bonds. The summed E-state index contributed by atoms with van der Waals surface area (Å²) in [5.41, 5.74) is 4.78. The van der Waals surface area contributed by atoms with Crippen molar-refractivity contribution >= 4 is 38.2 Å². The second-order valence-electron chi connectivity index (χ2n) is 8.59. The molecule has 9 heteroatoms. The van der Waals surface area contributed by atoms with Gasteiger partial charge in [0.15, 0.2) is 0 Å². The maximum absolute atomic E-state index is 14.0. The molecule has 166 valence electrons. The summed E-state index contributed by atoms with van der Waals surface area (Å²) in [6.45, 7) is 7.46. The fourth-order valence-electron chi connectivity index (χ4n) is 3.98. The van der Waals surface area contributed by atoms with E-state index >= 15 is 0 Å². The van der Waals surface area contributed by atoms with E-state index in [9.17, 15) is 4.39 Å². The molecule has 0 fully saturated rings. The van der Waals surface area contributed by atoms with Crippen molar-refractivity contribution in [1.29, 1.82) is 0 Å². The molecule has 0 aliphatic carbocycles. The number of rotatable bonds is 8. The SMILES string of the molecule is CC(C)CNCCn1c(Cc2cc3c(cc2N(C)C)OCC3)nc2c([AsH2])nc(F)nc21. The van der Waals surface area contributed by atoms with Crippen molar-refractivity contribution in [2.24, 2.45) is 5.92 Å². The van der Waals surface area contributed by atoms with Crippen molar-refractivity contribution in [2.45, 2.75) is 33.2 Å². The van der Waals surface area contributed by atoms with Crippen molar-refractivity contribution in [3.8, 4) is 5.75 Å². The van der Waals surface area contributed by atoms with Gasteiger partial charge in [0.05, 0.1) is 0 Å². The van der Waals surface area contributed by atoms with Gasteiger partial charge in [-0.05, 0) is 0 Å². The van der Waals surface area contributed by atoms with Gasteiger partial charge in [-0.1, -0.05) is 0 Å². The number of halogens is 1. The van der Waals surface area contributed by atoms with Crippen LogP contribution in [0.25, 0.3) is 11.2 Å². The Morgan fingerprint density at radius 2 is 2.06 bits per heavy atom. The molecule has 1 aliphatic rings. The van der Waals surface area contributed by atoms with Crippen LogP contribution in [0, 0.1) is 12.0 Å². The zero-order chi connectivity index (χ0) is 22.1. The number of nitrogens with zero attached hydrogens (tertiary/aromatic N) is 5. The fourth-order valence-corrected chi connectivity index (χ4v) is 4.61. The van der Waals surface area contributed by atoms with Crippen LogP contribution in [-0.4, -0.2) is 70.2 Å². The Morgan fingerprint density at radius 3 is 2.81 bits per heavy atom. The monoisotopic (exact) mass is 488 g/mol. The molecular formula is C22H30AsFN6O. The second-order valence-corrected chi connectivity index (χ2v) is 9.73. The molecule has 0 bridgehead atoms. The molecule has 0 saturated heterocycles. The molecule has 3 heterocycles. The summed E-state index contributed by atoms with van der Waals surface area (Å²) in [5.74, 6) is 2.41. The first-order chi connectivity index (χ1) is 14.8. The van der Waals surface area contributed by atoms with Gasteiger partial charge in [-0.25, -0.2) is 0 Å². The van der Waals surface area contributed by atoms with Crippen LogP contribution in [-0.2, 0) is 19.4 Å². The summed E-state index contributed by atoms with van der Waals surface area (Å²) in [7, 11) is 4.07. The molecule has 4 rings (SSSR count). The van der Waals surface area contributed by atoms with E-state index < -0.39 is 6.08 Å². The maximum atomic E-state index is 14.0. The van der Waals surface area contributed by atoms with Crippen LogP contribution in [0.4, 0.5) is 10.1 Å². The summed E-state index contributed by atoms with van der Waals surface area (Å²) < 4.78 is 22.5. The molecule has 1 aromatic carbocycles. The second kappa shape index (κ2) is 9.13. The van der Waals surface area contributed by atoms with Gasteiger partial charge in [0.2, 0.25) is 0 Å². The van der Waals surface area contributed by atoms with Gasteiger partial charge in [-0.3, -0.25) is 0 Å². The van der Waals surface area contributed by atoms with Crippen molar-refractivity contribution < 1.29 is 9.13 Å². The standard InChI is InChI=1S/C22H30AsFN6O/c1-13(2)12-25-6-7-30-18(26-19-20(23)27-22(24)28-21(19)30)10-15-9-14-5-8-31-17(14)11-16(15)29(3)4/h9,11,13,25H,5-8,10,12,23H2,1-4H3. The van der Waals surface area contributed by atoms with Crippen LogP contribution in [0.1, 0.15) is 30.8 Å². The minimum atomic E-state index is -0.696. The number of benzene rings is 1. The van der Waals surface area contributed by atoms with Crippen LogP contribution in [0.3, 0.4) is 0 Å². The van der Waals surface area contributed by atoms with Crippen LogP contribution < -0.4 is 19.4 Å². The number of ether oxygens (including phenoxy) is 1. The van der Waals surface area contributed by atoms with E-state index in [1.165, 1.54) is 28.0 Å². The van der Waals surface area contributed by atoms with Gasteiger partial charge in [-0.2, -0.15) is 0 Å². The molecule has 1 N–H and O–H groups in total. The third-order valence-electron chi connectivity index (χ3n) is 5.46. The van der Waals surface area contributed by atoms with E-state index in [0.717, 1.165) is 43.4 Å². The summed E-state index contributed by atoms with van der Waals surface area (Å²) in [5, 5.41) is 3.47. The van der Waals surface area contributed by atoms with Gasteiger partial charge < -0.3 is 0 Å². The number of nitrogens with one attached hydrogen (secondary N) is 1. The van der Waals surface area contributed by atoms with Crippen LogP contribution in [0.5, 0.6) is 5.75 Å². The number of hydrogen-bond acceptors (Lipinski definition) is 6. The summed E-state index contributed by atoms with van der Waals surface area (Å²) >= 11 is 1.26. The molecule has 0 spiro atoms. The molecule has 1 aliphatic heterocycles. The Labute approximate surface area is 190 Å².